The van der Waals surface area contributed by atoms with Gasteiger partial charge in [0.25, 0.3) is 5.91 Å². The van der Waals surface area contributed by atoms with E-state index in [1.807, 2.05) is 24.9 Å². The van der Waals surface area contributed by atoms with Crippen LogP contribution in [0.1, 0.15) is 34.5 Å². The molecule has 0 spiro atoms. The number of nitrogens with zero attached hydrogens (tertiary/aromatic N) is 1. The van der Waals surface area contributed by atoms with Gasteiger partial charge in [-0.2, -0.15) is 0 Å². The predicted molar refractivity (Wildman–Crippen MR) is 79.4 cm³/mol. The van der Waals surface area contributed by atoms with E-state index >= 15 is 0 Å². The number of carbonyl (C=O) groups is 1. The van der Waals surface area contributed by atoms with Crippen LogP contribution >= 0.6 is 27.3 Å². The molecule has 1 N–H and O–H groups in total. The van der Waals surface area contributed by atoms with E-state index in [1.165, 1.54) is 6.42 Å². The van der Waals surface area contributed by atoms with Crippen molar-refractivity contribution >= 4 is 33.2 Å². The lowest BCUT2D eigenvalue weighted by Crippen LogP contribution is -2.47. The summed E-state index contributed by atoms with van der Waals surface area (Å²) in [5.41, 5.74) is 1.14. The summed E-state index contributed by atoms with van der Waals surface area (Å²) in [5.74, 6) is 0.189. The van der Waals surface area contributed by atoms with Crippen LogP contribution in [0.4, 0.5) is 0 Å². The predicted octanol–water partition coefficient (Wildman–Crippen LogP) is 3.03. The quantitative estimate of drug-likeness (QED) is 0.923. The lowest BCUT2D eigenvalue weighted by atomic mass is 10.0. The van der Waals surface area contributed by atoms with Crippen LogP contribution < -0.4 is 5.32 Å². The summed E-state index contributed by atoms with van der Waals surface area (Å²) >= 11 is 5.03. The summed E-state index contributed by atoms with van der Waals surface area (Å²) in [4.78, 5) is 15.4. The molecule has 1 amide bonds. The highest BCUT2D eigenvalue weighted by Crippen LogP contribution is 2.29. The first kappa shape index (κ1) is 14.0. The van der Waals surface area contributed by atoms with Crippen LogP contribution in [-0.2, 0) is 0 Å². The van der Waals surface area contributed by atoms with E-state index in [2.05, 4.69) is 21.2 Å². The number of hydrogen-bond donors (Lipinski definition) is 1. The molecule has 1 saturated heterocycles. The zero-order valence-corrected chi connectivity index (χ0v) is 13.2. The maximum atomic E-state index is 12.5. The summed E-state index contributed by atoms with van der Waals surface area (Å²) in [6.45, 7) is 3.80. The molecule has 1 fully saturated rings. The van der Waals surface area contributed by atoms with E-state index in [-0.39, 0.29) is 5.91 Å². The number of likely N-dealkylation sites (tertiary alicyclic amines) is 1. The molecule has 2 heterocycles. The Bertz CT molecular complexity index is 411. The Balaban J connectivity index is 2.15. The van der Waals surface area contributed by atoms with Gasteiger partial charge in [-0.3, -0.25) is 4.79 Å². The molecule has 1 atom stereocenters. The number of thiophene rings is 1. The summed E-state index contributed by atoms with van der Waals surface area (Å²) < 4.78 is 1.06. The molecular formula is C13H19BrN2OS. The molecule has 1 aliphatic rings. The zero-order valence-electron chi connectivity index (χ0n) is 10.8. The van der Waals surface area contributed by atoms with E-state index in [9.17, 15) is 4.79 Å². The van der Waals surface area contributed by atoms with E-state index in [0.29, 0.717) is 6.04 Å². The lowest BCUT2D eigenvalue weighted by molar-refractivity contribution is 0.0620. The van der Waals surface area contributed by atoms with Crippen LogP contribution in [0.3, 0.4) is 0 Å². The largest absolute Gasteiger partial charge is 0.334 e. The van der Waals surface area contributed by atoms with Crippen molar-refractivity contribution in [2.24, 2.45) is 0 Å². The molecule has 0 aliphatic carbocycles. The van der Waals surface area contributed by atoms with Crippen molar-refractivity contribution in [2.75, 3.05) is 20.1 Å². The molecule has 0 saturated carbocycles. The van der Waals surface area contributed by atoms with Gasteiger partial charge in [0, 0.05) is 19.1 Å². The molecule has 3 nitrogen and oxygen atoms in total. The van der Waals surface area contributed by atoms with E-state index in [1.54, 1.807) is 11.3 Å². The fourth-order valence-electron chi connectivity index (χ4n) is 2.42. The first-order valence-electron chi connectivity index (χ1n) is 6.35. The number of rotatable bonds is 3. The van der Waals surface area contributed by atoms with Gasteiger partial charge in [0.05, 0.1) is 8.66 Å². The smallest absolute Gasteiger partial charge is 0.264 e. The van der Waals surface area contributed by atoms with Crippen LogP contribution in [0.15, 0.2) is 9.85 Å². The van der Waals surface area contributed by atoms with Gasteiger partial charge in [-0.15, -0.1) is 11.3 Å². The Morgan fingerprint density at radius 3 is 3.00 bits per heavy atom. The maximum Gasteiger partial charge on any atom is 0.264 e. The van der Waals surface area contributed by atoms with Crippen molar-refractivity contribution in [2.45, 2.75) is 32.2 Å². The molecule has 0 radical (unpaired) electrons. The fraction of sp³-hybridized carbons (Fsp3) is 0.615. The summed E-state index contributed by atoms with van der Waals surface area (Å²) in [6, 6.07) is 2.33. The Labute approximate surface area is 121 Å². The van der Waals surface area contributed by atoms with Crippen molar-refractivity contribution < 1.29 is 4.79 Å². The molecule has 5 heteroatoms. The zero-order chi connectivity index (χ0) is 13.1. The van der Waals surface area contributed by atoms with Crippen LogP contribution in [0, 0.1) is 6.92 Å². The number of nitrogens with one attached hydrogen (secondary N) is 1. The lowest BCUT2D eigenvalue weighted by Gasteiger charge is -2.35. The topological polar surface area (TPSA) is 32.3 Å². The second-order valence-electron chi connectivity index (χ2n) is 4.77. The Morgan fingerprint density at radius 1 is 1.61 bits per heavy atom. The van der Waals surface area contributed by atoms with Crippen molar-refractivity contribution in [3.05, 3.63) is 20.3 Å². The van der Waals surface area contributed by atoms with E-state index in [4.69, 9.17) is 0 Å². The number of carbonyl (C=O) groups excluding carboxylic acids is 1. The van der Waals surface area contributed by atoms with Gasteiger partial charge >= 0.3 is 0 Å². The Morgan fingerprint density at radius 2 is 2.39 bits per heavy atom. The van der Waals surface area contributed by atoms with Crippen LogP contribution in [-0.4, -0.2) is 37.0 Å². The number of amides is 1. The molecule has 18 heavy (non-hydrogen) atoms. The minimum Gasteiger partial charge on any atom is -0.334 e. The molecule has 1 aromatic heterocycles. The number of halogens is 1. The molecule has 0 aromatic carbocycles. The molecule has 100 valence electrons. The normalized spacial score (nSPS) is 20.2. The van der Waals surface area contributed by atoms with Crippen molar-refractivity contribution in [1.82, 2.24) is 10.2 Å². The maximum absolute atomic E-state index is 12.5. The number of piperidine rings is 1. The van der Waals surface area contributed by atoms with Crippen LogP contribution in [0.2, 0.25) is 0 Å². The van der Waals surface area contributed by atoms with Crippen molar-refractivity contribution in [1.29, 1.82) is 0 Å². The van der Waals surface area contributed by atoms with E-state index in [0.717, 1.165) is 40.2 Å². The van der Waals surface area contributed by atoms with Gasteiger partial charge in [0.2, 0.25) is 0 Å². The average Bonchev–Trinajstić information content (AvgIpc) is 2.70. The molecule has 0 bridgehead atoms. The molecule has 1 aliphatic heterocycles. The SMILES string of the molecule is CNCC1CCCCN1C(=O)c1cc(C)c(Br)s1. The van der Waals surface area contributed by atoms with Crippen LogP contribution in [0.5, 0.6) is 0 Å². The Hall–Kier alpha value is -0.390. The van der Waals surface area contributed by atoms with E-state index < -0.39 is 0 Å². The number of likely N-dealkylation sites (N-methyl/N-ethyl adjacent to an activating group) is 1. The van der Waals surface area contributed by atoms with Gasteiger partial charge in [-0.25, -0.2) is 0 Å². The molecular weight excluding hydrogens is 312 g/mol. The third-order valence-electron chi connectivity index (χ3n) is 3.40. The standard InChI is InChI=1S/C13H19BrN2OS/c1-9-7-11(18-12(9)14)13(17)16-6-4-3-5-10(16)8-15-2/h7,10,15H,3-6,8H2,1-2H3. The molecule has 1 unspecified atom stereocenters. The average molecular weight is 331 g/mol. The van der Waals surface area contributed by atoms with Gasteiger partial charge in [0.15, 0.2) is 0 Å². The first-order chi connectivity index (χ1) is 8.63. The van der Waals surface area contributed by atoms with Gasteiger partial charge in [-0.1, -0.05) is 0 Å². The summed E-state index contributed by atoms with van der Waals surface area (Å²) in [5, 5.41) is 3.19. The minimum absolute atomic E-state index is 0.189. The number of aryl methyl sites for hydroxylation is 1. The first-order valence-corrected chi connectivity index (χ1v) is 7.96. The highest BCUT2D eigenvalue weighted by molar-refractivity contribution is 9.11. The highest BCUT2D eigenvalue weighted by Gasteiger charge is 2.28. The molecule has 2 rings (SSSR count). The van der Waals surface area contributed by atoms with Crippen molar-refractivity contribution in [3.63, 3.8) is 0 Å². The third kappa shape index (κ3) is 2.95. The number of hydrogen-bond acceptors (Lipinski definition) is 3. The van der Waals surface area contributed by atoms with Crippen LogP contribution in [0.25, 0.3) is 0 Å². The van der Waals surface area contributed by atoms with Crippen molar-refractivity contribution in [3.8, 4) is 0 Å². The van der Waals surface area contributed by atoms with Gasteiger partial charge in [-0.05, 0) is 60.8 Å². The summed E-state index contributed by atoms with van der Waals surface area (Å²) in [7, 11) is 1.95. The second-order valence-corrected chi connectivity index (χ2v) is 7.14. The third-order valence-corrected chi connectivity index (χ3v) is 5.52. The highest BCUT2D eigenvalue weighted by atomic mass is 79.9. The monoisotopic (exact) mass is 330 g/mol. The van der Waals surface area contributed by atoms with Gasteiger partial charge < -0.3 is 10.2 Å². The summed E-state index contributed by atoms with van der Waals surface area (Å²) in [6.07, 6.45) is 3.46. The Kier molecular flexibility index (Phi) is 4.81. The fourth-order valence-corrected chi connectivity index (χ4v) is 3.91. The second kappa shape index (κ2) is 6.17. The minimum atomic E-state index is 0.189. The molecule has 1 aromatic rings. The van der Waals surface area contributed by atoms with Gasteiger partial charge in [0.1, 0.15) is 0 Å².